The highest BCUT2D eigenvalue weighted by Gasteiger charge is 2.13. The van der Waals surface area contributed by atoms with Gasteiger partial charge in [-0.15, -0.1) is 0 Å². The second kappa shape index (κ2) is 11.4. The summed E-state index contributed by atoms with van der Waals surface area (Å²) in [7, 11) is 4.69. The van der Waals surface area contributed by atoms with E-state index in [9.17, 15) is 4.79 Å². The number of hydrogen-bond donors (Lipinski definition) is 3. The van der Waals surface area contributed by atoms with Crippen LogP contribution in [0, 0.1) is 0 Å². The highest BCUT2D eigenvalue weighted by molar-refractivity contribution is 5.94. The molecule has 0 aliphatic rings. The minimum absolute atomic E-state index is 0.0655. The van der Waals surface area contributed by atoms with Gasteiger partial charge in [0.05, 0.1) is 46.3 Å². The van der Waals surface area contributed by atoms with Crippen molar-refractivity contribution in [1.29, 1.82) is 0 Å². The highest BCUT2D eigenvalue weighted by Crippen LogP contribution is 2.38. The van der Waals surface area contributed by atoms with Crippen LogP contribution in [0.4, 0.5) is 5.69 Å². The third-order valence-corrected chi connectivity index (χ3v) is 3.85. The summed E-state index contributed by atoms with van der Waals surface area (Å²) < 4.78 is 16.1. The average molecular weight is 401 g/mol. The van der Waals surface area contributed by atoms with Gasteiger partial charge in [-0.25, -0.2) is 4.99 Å². The van der Waals surface area contributed by atoms with Crippen molar-refractivity contribution in [2.45, 2.75) is 13.5 Å². The van der Waals surface area contributed by atoms with Crippen molar-refractivity contribution in [3.05, 3.63) is 42.2 Å². The van der Waals surface area contributed by atoms with Crippen molar-refractivity contribution in [1.82, 2.24) is 15.6 Å². The summed E-state index contributed by atoms with van der Waals surface area (Å²) in [5.41, 5.74) is 1.51. The fourth-order valence-electron chi connectivity index (χ4n) is 2.54. The van der Waals surface area contributed by atoms with Crippen LogP contribution in [-0.4, -0.2) is 51.3 Å². The quantitative estimate of drug-likeness (QED) is 0.435. The van der Waals surface area contributed by atoms with Crippen molar-refractivity contribution in [2.75, 3.05) is 39.7 Å². The molecule has 1 aromatic carbocycles. The molecule has 29 heavy (non-hydrogen) atoms. The lowest BCUT2D eigenvalue weighted by molar-refractivity contribution is -0.115. The fourth-order valence-corrected chi connectivity index (χ4v) is 2.54. The molecule has 0 fully saturated rings. The largest absolute Gasteiger partial charge is 0.493 e. The summed E-state index contributed by atoms with van der Waals surface area (Å²) in [5.74, 6) is 1.97. The van der Waals surface area contributed by atoms with Crippen LogP contribution in [0.1, 0.15) is 12.5 Å². The molecule has 9 heteroatoms. The number of pyridine rings is 1. The number of carbonyl (C=O) groups is 1. The summed E-state index contributed by atoms with van der Waals surface area (Å²) in [4.78, 5) is 20.6. The van der Waals surface area contributed by atoms with Crippen molar-refractivity contribution < 1.29 is 19.0 Å². The Morgan fingerprint density at radius 3 is 2.38 bits per heavy atom. The van der Waals surface area contributed by atoms with Gasteiger partial charge in [-0.1, -0.05) is 0 Å². The smallest absolute Gasteiger partial charge is 0.243 e. The Kier molecular flexibility index (Phi) is 8.55. The van der Waals surface area contributed by atoms with Gasteiger partial charge in [0, 0.05) is 12.7 Å². The molecule has 2 rings (SSSR count). The Balaban J connectivity index is 2.04. The second-order valence-corrected chi connectivity index (χ2v) is 5.87. The van der Waals surface area contributed by atoms with E-state index >= 15 is 0 Å². The molecule has 1 amide bonds. The number of ether oxygens (including phenoxy) is 3. The van der Waals surface area contributed by atoms with Gasteiger partial charge in [0.2, 0.25) is 11.7 Å². The Morgan fingerprint density at radius 2 is 1.83 bits per heavy atom. The van der Waals surface area contributed by atoms with Gasteiger partial charge in [-0.2, -0.15) is 0 Å². The number of aliphatic imine (C=N–C) groups is 1. The maximum absolute atomic E-state index is 12.1. The van der Waals surface area contributed by atoms with E-state index in [0.717, 1.165) is 5.56 Å². The third kappa shape index (κ3) is 6.56. The van der Waals surface area contributed by atoms with E-state index in [0.29, 0.717) is 42.0 Å². The predicted octanol–water partition coefficient (Wildman–Crippen LogP) is 1.80. The molecule has 3 N–H and O–H groups in total. The van der Waals surface area contributed by atoms with Crippen LogP contribution in [-0.2, 0) is 11.3 Å². The molecule has 1 aromatic heterocycles. The summed E-state index contributed by atoms with van der Waals surface area (Å²) in [6, 6.07) is 7.20. The molecule has 0 spiro atoms. The Morgan fingerprint density at radius 1 is 1.10 bits per heavy atom. The van der Waals surface area contributed by atoms with Crippen molar-refractivity contribution in [3.8, 4) is 17.2 Å². The van der Waals surface area contributed by atoms with Crippen LogP contribution in [0.2, 0.25) is 0 Å². The second-order valence-electron chi connectivity index (χ2n) is 5.87. The SMILES string of the molecule is CCNC(=NCc1cc(OC)c(OC)c(OC)c1)NCC(=O)Nc1cccnc1. The van der Waals surface area contributed by atoms with Gasteiger partial charge < -0.3 is 30.2 Å². The number of aromatic nitrogens is 1. The zero-order valence-electron chi connectivity index (χ0n) is 17.1. The number of benzene rings is 1. The van der Waals surface area contributed by atoms with E-state index in [1.807, 2.05) is 19.1 Å². The van der Waals surface area contributed by atoms with Gasteiger partial charge in [0.1, 0.15) is 0 Å². The third-order valence-electron chi connectivity index (χ3n) is 3.85. The van der Waals surface area contributed by atoms with E-state index in [-0.39, 0.29) is 12.5 Å². The van der Waals surface area contributed by atoms with Gasteiger partial charge in [-0.05, 0) is 36.8 Å². The van der Waals surface area contributed by atoms with Crippen LogP contribution in [0.3, 0.4) is 0 Å². The van der Waals surface area contributed by atoms with Crippen LogP contribution in [0.15, 0.2) is 41.7 Å². The first-order chi connectivity index (χ1) is 14.1. The Hall–Kier alpha value is -3.49. The molecule has 0 saturated heterocycles. The topological polar surface area (TPSA) is 106 Å². The summed E-state index contributed by atoms with van der Waals surface area (Å²) in [5, 5.41) is 8.88. The number of methoxy groups -OCH3 is 3. The lowest BCUT2D eigenvalue weighted by Gasteiger charge is -2.14. The number of hydrogen-bond acceptors (Lipinski definition) is 6. The zero-order chi connectivity index (χ0) is 21.1. The minimum Gasteiger partial charge on any atom is -0.493 e. The maximum atomic E-state index is 12.1. The lowest BCUT2D eigenvalue weighted by Crippen LogP contribution is -2.41. The van der Waals surface area contributed by atoms with Gasteiger partial charge in [0.15, 0.2) is 17.5 Å². The number of rotatable bonds is 9. The van der Waals surface area contributed by atoms with E-state index in [2.05, 4.69) is 25.9 Å². The zero-order valence-corrected chi connectivity index (χ0v) is 17.1. The van der Waals surface area contributed by atoms with Crippen LogP contribution in [0.25, 0.3) is 0 Å². The summed E-state index contributed by atoms with van der Waals surface area (Å²) in [6.45, 7) is 3.03. The van der Waals surface area contributed by atoms with Gasteiger partial charge in [-0.3, -0.25) is 9.78 Å². The highest BCUT2D eigenvalue weighted by atomic mass is 16.5. The molecule has 0 unspecified atom stereocenters. The maximum Gasteiger partial charge on any atom is 0.243 e. The number of nitrogens with zero attached hydrogens (tertiary/aromatic N) is 2. The first kappa shape index (κ1) is 21.8. The molecule has 9 nitrogen and oxygen atoms in total. The minimum atomic E-state index is -0.198. The van der Waals surface area contributed by atoms with Crippen molar-refractivity contribution in [2.24, 2.45) is 4.99 Å². The molecule has 2 aromatic rings. The molecule has 0 saturated carbocycles. The van der Waals surface area contributed by atoms with Crippen LogP contribution in [0.5, 0.6) is 17.2 Å². The molecule has 1 heterocycles. The molecule has 156 valence electrons. The normalized spacial score (nSPS) is 10.8. The van der Waals surface area contributed by atoms with E-state index in [4.69, 9.17) is 14.2 Å². The fraction of sp³-hybridized carbons (Fsp3) is 0.350. The van der Waals surface area contributed by atoms with Crippen LogP contribution < -0.4 is 30.2 Å². The number of amides is 1. The first-order valence-corrected chi connectivity index (χ1v) is 9.12. The van der Waals surface area contributed by atoms with E-state index in [1.54, 1.807) is 45.9 Å². The molecular weight excluding hydrogens is 374 g/mol. The number of nitrogens with one attached hydrogen (secondary N) is 3. The molecule has 0 radical (unpaired) electrons. The molecule has 0 atom stereocenters. The van der Waals surface area contributed by atoms with Crippen molar-refractivity contribution >= 4 is 17.6 Å². The van der Waals surface area contributed by atoms with Crippen molar-refractivity contribution in [3.63, 3.8) is 0 Å². The molecule has 0 aliphatic carbocycles. The molecular formula is C20H27N5O4. The number of anilines is 1. The van der Waals surface area contributed by atoms with Crippen LogP contribution >= 0.6 is 0 Å². The van der Waals surface area contributed by atoms with Gasteiger partial charge >= 0.3 is 0 Å². The lowest BCUT2D eigenvalue weighted by atomic mass is 10.2. The van der Waals surface area contributed by atoms with E-state index < -0.39 is 0 Å². The summed E-state index contributed by atoms with van der Waals surface area (Å²) in [6.07, 6.45) is 3.23. The first-order valence-electron chi connectivity index (χ1n) is 9.12. The van der Waals surface area contributed by atoms with Gasteiger partial charge in [0.25, 0.3) is 0 Å². The van der Waals surface area contributed by atoms with E-state index in [1.165, 1.54) is 0 Å². The predicted molar refractivity (Wildman–Crippen MR) is 112 cm³/mol. The number of carbonyl (C=O) groups excluding carboxylic acids is 1. The average Bonchev–Trinajstić information content (AvgIpc) is 2.75. The molecule has 0 aliphatic heterocycles. The summed E-state index contributed by atoms with van der Waals surface area (Å²) >= 11 is 0. The Bertz CT molecular complexity index is 802. The standard InChI is InChI=1S/C20H27N5O4/c1-5-22-20(24-13-18(26)25-15-7-6-8-21-12-15)23-11-14-9-16(27-2)19(29-4)17(10-14)28-3/h6-10,12H,5,11,13H2,1-4H3,(H,25,26)(H2,22,23,24). The number of guanidine groups is 1. The molecule has 0 bridgehead atoms. The monoisotopic (exact) mass is 401 g/mol. The Labute approximate surface area is 170 Å².